The van der Waals surface area contributed by atoms with Crippen molar-refractivity contribution in [2.75, 3.05) is 18.1 Å². The second kappa shape index (κ2) is 4.57. The van der Waals surface area contributed by atoms with Crippen LogP contribution < -0.4 is 4.90 Å². The predicted octanol–water partition coefficient (Wildman–Crippen LogP) is 1.14. The van der Waals surface area contributed by atoms with Gasteiger partial charge in [0.1, 0.15) is 12.1 Å². The first kappa shape index (κ1) is 10.4. The third-order valence-electron chi connectivity index (χ3n) is 2.92. The van der Waals surface area contributed by atoms with Gasteiger partial charge in [0.15, 0.2) is 0 Å². The Morgan fingerprint density at radius 3 is 3.07 bits per heavy atom. The number of aliphatic hydroxyl groups is 1. The van der Waals surface area contributed by atoms with E-state index in [9.17, 15) is 5.11 Å². The zero-order chi connectivity index (χ0) is 10.7. The summed E-state index contributed by atoms with van der Waals surface area (Å²) in [6.07, 6.45) is 5.03. The zero-order valence-electron chi connectivity index (χ0n) is 9.06. The highest BCUT2D eigenvalue weighted by Crippen LogP contribution is 2.22. The van der Waals surface area contributed by atoms with E-state index in [1.165, 1.54) is 12.8 Å². The van der Waals surface area contributed by atoms with Crippen molar-refractivity contribution in [2.45, 2.75) is 32.2 Å². The van der Waals surface area contributed by atoms with Crippen LogP contribution in [-0.4, -0.2) is 34.3 Å². The van der Waals surface area contributed by atoms with Crippen molar-refractivity contribution in [3.05, 3.63) is 18.1 Å². The van der Waals surface area contributed by atoms with Crippen LogP contribution in [-0.2, 0) is 0 Å². The topological polar surface area (TPSA) is 49.2 Å². The lowest BCUT2D eigenvalue weighted by Gasteiger charge is -2.35. The van der Waals surface area contributed by atoms with Gasteiger partial charge in [-0.3, -0.25) is 0 Å². The maximum atomic E-state index is 9.31. The Labute approximate surface area is 90.0 Å². The summed E-state index contributed by atoms with van der Waals surface area (Å²) in [6, 6.07) is 2.21. The third-order valence-corrected chi connectivity index (χ3v) is 2.92. The van der Waals surface area contributed by atoms with Crippen molar-refractivity contribution < 1.29 is 5.11 Å². The fourth-order valence-electron chi connectivity index (χ4n) is 2.09. The SMILES string of the molecule is Cc1cc(N2CCCCC2CO)ncn1. The minimum absolute atomic E-state index is 0.211. The minimum atomic E-state index is 0.211. The number of aryl methyl sites for hydroxylation is 1. The molecule has 15 heavy (non-hydrogen) atoms. The standard InChI is InChI=1S/C11H17N3O/c1-9-6-11(13-8-12-9)14-5-3-2-4-10(14)7-15/h6,8,10,15H,2-5,7H2,1H3. The molecule has 2 rings (SSSR count). The highest BCUT2D eigenvalue weighted by molar-refractivity contribution is 5.40. The third kappa shape index (κ3) is 2.26. The molecule has 0 radical (unpaired) electrons. The molecule has 2 heterocycles. The van der Waals surface area contributed by atoms with Crippen molar-refractivity contribution in [2.24, 2.45) is 0 Å². The second-order valence-electron chi connectivity index (χ2n) is 4.04. The summed E-state index contributed by atoms with van der Waals surface area (Å²) in [7, 11) is 0. The predicted molar refractivity (Wildman–Crippen MR) is 58.8 cm³/mol. The molecule has 82 valence electrons. The first-order chi connectivity index (χ1) is 7.31. The van der Waals surface area contributed by atoms with Gasteiger partial charge < -0.3 is 10.0 Å². The highest BCUT2D eigenvalue weighted by atomic mass is 16.3. The lowest BCUT2D eigenvalue weighted by molar-refractivity contribution is 0.239. The Bertz CT molecular complexity index is 329. The van der Waals surface area contributed by atoms with E-state index in [-0.39, 0.29) is 12.6 Å². The Hall–Kier alpha value is -1.16. The molecule has 0 saturated carbocycles. The van der Waals surface area contributed by atoms with Crippen molar-refractivity contribution in [3.63, 3.8) is 0 Å². The molecule has 1 N–H and O–H groups in total. The van der Waals surface area contributed by atoms with Gasteiger partial charge >= 0.3 is 0 Å². The van der Waals surface area contributed by atoms with Gasteiger partial charge in [0, 0.05) is 18.3 Å². The van der Waals surface area contributed by atoms with E-state index in [1.807, 2.05) is 13.0 Å². The van der Waals surface area contributed by atoms with Gasteiger partial charge in [-0.05, 0) is 26.2 Å². The van der Waals surface area contributed by atoms with E-state index in [4.69, 9.17) is 0 Å². The van der Waals surface area contributed by atoms with E-state index < -0.39 is 0 Å². The molecule has 4 nitrogen and oxygen atoms in total. The molecule has 1 atom stereocenters. The number of hydrogen-bond donors (Lipinski definition) is 1. The summed E-state index contributed by atoms with van der Waals surface area (Å²) >= 11 is 0. The number of aromatic nitrogens is 2. The van der Waals surface area contributed by atoms with Crippen LogP contribution in [0.1, 0.15) is 25.0 Å². The number of hydrogen-bond acceptors (Lipinski definition) is 4. The zero-order valence-corrected chi connectivity index (χ0v) is 9.06. The molecule has 0 aromatic carbocycles. The lowest BCUT2D eigenvalue weighted by atomic mass is 10.0. The maximum Gasteiger partial charge on any atom is 0.132 e. The van der Waals surface area contributed by atoms with Crippen LogP contribution in [0.2, 0.25) is 0 Å². The Kier molecular flexibility index (Phi) is 3.16. The van der Waals surface area contributed by atoms with Gasteiger partial charge in [-0.1, -0.05) is 0 Å². The fourth-order valence-corrected chi connectivity index (χ4v) is 2.09. The summed E-state index contributed by atoms with van der Waals surface area (Å²) in [6.45, 7) is 3.16. The van der Waals surface area contributed by atoms with Gasteiger partial charge in [-0.25, -0.2) is 9.97 Å². The van der Waals surface area contributed by atoms with E-state index in [0.29, 0.717) is 0 Å². The summed E-state index contributed by atoms with van der Waals surface area (Å²) in [5.41, 5.74) is 0.974. The van der Waals surface area contributed by atoms with E-state index in [2.05, 4.69) is 14.9 Å². The smallest absolute Gasteiger partial charge is 0.132 e. The summed E-state index contributed by atoms with van der Waals surface area (Å²) < 4.78 is 0. The first-order valence-electron chi connectivity index (χ1n) is 5.47. The minimum Gasteiger partial charge on any atom is -0.394 e. The molecule has 1 aromatic heterocycles. The second-order valence-corrected chi connectivity index (χ2v) is 4.04. The van der Waals surface area contributed by atoms with Crippen molar-refractivity contribution in [3.8, 4) is 0 Å². The average Bonchev–Trinajstić information content (AvgIpc) is 2.29. The molecule has 1 saturated heterocycles. The van der Waals surface area contributed by atoms with Crippen LogP contribution >= 0.6 is 0 Å². The van der Waals surface area contributed by atoms with Crippen LogP contribution in [0.5, 0.6) is 0 Å². The van der Waals surface area contributed by atoms with Crippen molar-refractivity contribution in [1.82, 2.24) is 9.97 Å². The summed E-state index contributed by atoms with van der Waals surface area (Å²) in [4.78, 5) is 10.5. The first-order valence-corrected chi connectivity index (χ1v) is 5.47. The van der Waals surface area contributed by atoms with Gasteiger partial charge in [0.25, 0.3) is 0 Å². The Morgan fingerprint density at radius 2 is 2.33 bits per heavy atom. The monoisotopic (exact) mass is 207 g/mol. The molecule has 1 aliphatic rings. The molecular formula is C11H17N3O. The van der Waals surface area contributed by atoms with Gasteiger partial charge in [-0.15, -0.1) is 0 Å². The molecule has 1 fully saturated rings. The fraction of sp³-hybridized carbons (Fsp3) is 0.636. The molecule has 1 aromatic rings. The Balaban J connectivity index is 2.20. The van der Waals surface area contributed by atoms with Crippen LogP contribution in [0.3, 0.4) is 0 Å². The quantitative estimate of drug-likeness (QED) is 0.790. The molecule has 0 amide bonds. The van der Waals surface area contributed by atoms with E-state index in [0.717, 1.165) is 24.5 Å². The molecule has 0 bridgehead atoms. The van der Waals surface area contributed by atoms with Gasteiger partial charge in [0.2, 0.25) is 0 Å². The molecule has 4 heteroatoms. The van der Waals surface area contributed by atoms with Gasteiger partial charge in [0.05, 0.1) is 12.6 Å². The van der Waals surface area contributed by atoms with Gasteiger partial charge in [-0.2, -0.15) is 0 Å². The highest BCUT2D eigenvalue weighted by Gasteiger charge is 2.22. The number of nitrogens with zero attached hydrogens (tertiary/aromatic N) is 3. The van der Waals surface area contributed by atoms with Crippen molar-refractivity contribution in [1.29, 1.82) is 0 Å². The largest absolute Gasteiger partial charge is 0.394 e. The van der Waals surface area contributed by atoms with Crippen LogP contribution in [0.4, 0.5) is 5.82 Å². The molecule has 1 unspecified atom stereocenters. The number of anilines is 1. The lowest BCUT2D eigenvalue weighted by Crippen LogP contribution is -2.42. The average molecular weight is 207 g/mol. The van der Waals surface area contributed by atoms with E-state index in [1.54, 1.807) is 6.33 Å². The number of aliphatic hydroxyl groups excluding tert-OH is 1. The maximum absolute atomic E-state index is 9.31. The number of piperidine rings is 1. The summed E-state index contributed by atoms with van der Waals surface area (Å²) in [5, 5.41) is 9.31. The molecule has 0 aliphatic carbocycles. The summed E-state index contributed by atoms with van der Waals surface area (Å²) in [5.74, 6) is 0.946. The Morgan fingerprint density at radius 1 is 1.47 bits per heavy atom. The molecular weight excluding hydrogens is 190 g/mol. The van der Waals surface area contributed by atoms with Crippen LogP contribution in [0, 0.1) is 6.92 Å². The van der Waals surface area contributed by atoms with E-state index >= 15 is 0 Å². The molecule has 0 spiro atoms. The van der Waals surface area contributed by atoms with Crippen LogP contribution in [0.25, 0.3) is 0 Å². The number of rotatable bonds is 2. The normalized spacial score (nSPS) is 21.7. The molecule has 1 aliphatic heterocycles. The van der Waals surface area contributed by atoms with Crippen molar-refractivity contribution >= 4 is 5.82 Å². The van der Waals surface area contributed by atoms with Crippen LogP contribution in [0.15, 0.2) is 12.4 Å².